The van der Waals surface area contributed by atoms with E-state index in [1.54, 1.807) is 12.1 Å². The van der Waals surface area contributed by atoms with Crippen LogP contribution in [0.4, 0.5) is 11.4 Å². The van der Waals surface area contributed by atoms with Gasteiger partial charge in [-0.3, -0.25) is 9.59 Å². The van der Waals surface area contributed by atoms with Gasteiger partial charge in [0.1, 0.15) is 5.03 Å². The lowest BCUT2D eigenvalue weighted by Crippen LogP contribution is -2.31. The number of anilines is 2. The number of aromatic carboxylic acids is 1. The minimum Gasteiger partial charge on any atom is -0.478 e. The topological polar surface area (TPSA) is 90.8 Å². The molecule has 0 radical (unpaired) electrons. The molecule has 1 aliphatic rings. The molecule has 26 heavy (non-hydrogen) atoms. The van der Waals surface area contributed by atoms with Gasteiger partial charge in [0.2, 0.25) is 11.8 Å². The Bertz CT molecular complexity index is 867. The second-order valence-corrected chi connectivity index (χ2v) is 7.14. The molecule has 3 rings (SSSR count). The summed E-state index contributed by atoms with van der Waals surface area (Å²) in [6.07, 6.45) is 1.47. The van der Waals surface area contributed by atoms with Crippen LogP contribution in [0.2, 0.25) is 0 Å². The second-order valence-electron chi connectivity index (χ2n) is 5.95. The molecule has 1 aromatic carbocycles. The quantitative estimate of drug-likeness (QED) is 0.806. The van der Waals surface area contributed by atoms with Crippen LogP contribution < -0.4 is 9.80 Å². The molecule has 0 bridgehead atoms. The van der Waals surface area contributed by atoms with Gasteiger partial charge in [0.25, 0.3) is 0 Å². The van der Waals surface area contributed by atoms with Gasteiger partial charge in [-0.25, -0.2) is 14.7 Å². The summed E-state index contributed by atoms with van der Waals surface area (Å²) in [4.78, 5) is 43.5. The number of thioether (sulfide) groups is 1. The van der Waals surface area contributed by atoms with E-state index in [-0.39, 0.29) is 28.8 Å². The minimum absolute atomic E-state index is 0.00850. The predicted molar refractivity (Wildman–Crippen MR) is 98.7 cm³/mol. The molecule has 2 amide bonds. The lowest BCUT2D eigenvalue weighted by atomic mass is 10.2. The van der Waals surface area contributed by atoms with Gasteiger partial charge < -0.3 is 10.0 Å². The zero-order valence-electron chi connectivity index (χ0n) is 14.2. The summed E-state index contributed by atoms with van der Waals surface area (Å²) in [7, 11) is 3.81. The molecule has 1 saturated heterocycles. The van der Waals surface area contributed by atoms with Crippen LogP contribution in [0.5, 0.6) is 0 Å². The second kappa shape index (κ2) is 7.17. The smallest absolute Gasteiger partial charge is 0.338 e. The fourth-order valence-corrected chi connectivity index (χ4v) is 3.76. The number of hydrogen-bond acceptors (Lipinski definition) is 6. The first-order chi connectivity index (χ1) is 12.4. The van der Waals surface area contributed by atoms with Gasteiger partial charge in [-0.2, -0.15) is 0 Å². The fourth-order valence-electron chi connectivity index (χ4n) is 2.65. The highest BCUT2D eigenvalue weighted by atomic mass is 32.2. The van der Waals surface area contributed by atoms with E-state index >= 15 is 0 Å². The first kappa shape index (κ1) is 17.9. The van der Waals surface area contributed by atoms with Crippen LogP contribution in [0, 0.1) is 0 Å². The molecule has 8 heteroatoms. The number of benzene rings is 1. The van der Waals surface area contributed by atoms with Gasteiger partial charge in [-0.15, -0.1) is 0 Å². The molecule has 0 saturated carbocycles. The van der Waals surface area contributed by atoms with E-state index in [4.69, 9.17) is 0 Å². The molecule has 134 valence electrons. The maximum absolute atomic E-state index is 12.7. The fraction of sp³-hybridized carbons (Fsp3) is 0.222. The average Bonchev–Trinajstić information content (AvgIpc) is 2.89. The number of amides is 2. The van der Waals surface area contributed by atoms with Crippen LogP contribution >= 0.6 is 11.8 Å². The molecule has 1 aliphatic heterocycles. The van der Waals surface area contributed by atoms with Crippen molar-refractivity contribution in [2.45, 2.75) is 16.7 Å². The number of rotatable bonds is 5. The largest absolute Gasteiger partial charge is 0.478 e. The standard InChI is InChI=1S/C18H17N3O4S/c1-20(2)11-5-7-12(8-6-11)21-15(22)10-14(17(21)23)26-16-13(18(24)25)4-3-9-19-16/h3-9,14H,10H2,1-2H3,(H,24,25). The molecule has 1 fully saturated rings. The molecular formula is C18H17N3O4S. The number of carboxylic acid groups (broad SMARTS) is 1. The molecule has 7 nitrogen and oxygen atoms in total. The predicted octanol–water partition coefficient (Wildman–Crippen LogP) is 2.27. The van der Waals surface area contributed by atoms with Crippen molar-refractivity contribution in [1.29, 1.82) is 0 Å². The van der Waals surface area contributed by atoms with E-state index in [1.165, 1.54) is 18.3 Å². The summed E-state index contributed by atoms with van der Waals surface area (Å²) in [5.41, 5.74) is 1.48. The third-order valence-electron chi connectivity index (χ3n) is 3.98. The van der Waals surface area contributed by atoms with E-state index < -0.39 is 11.2 Å². The Labute approximate surface area is 154 Å². The van der Waals surface area contributed by atoms with E-state index in [0.717, 1.165) is 22.3 Å². The Kier molecular flexibility index (Phi) is 4.94. The van der Waals surface area contributed by atoms with Crippen molar-refractivity contribution in [1.82, 2.24) is 4.98 Å². The Balaban J connectivity index is 1.82. The summed E-state index contributed by atoms with van der Waals surface area (Å²) in [6.45, 7) is 0. The lowest BCUT2D eigenvalue weighted by molar-refractivity contribution is -0.121. The van der Waals surface area contributed by atoms with Gasteiger partial charge in [0.05, 0.1) is 16.5 Å². The molecule has 2 heterocycles. The van der Waals surface area contributed by atoms with E-state index in [9.17, 15) is 19.5 Å². The third kappa shape index (κ3) is 3.41. The normalized spacial score (nSPS) is 16.8. The zero-order valence-corrected chi connectivity index (χ0v) is 15.1. The van der Waals surface area contributed by atoms with Crippen LogP contribution in [-0.4, -0.2) is 47.2 Å². The highest BCUT2D eigenvalue weighted by Crippen LogP contribution is 2.34. The Morgan fingerprint density at radius 3 is 2.54 bits per heavy atom. The highest BCUT2D eigenvalue weighted by Gasteiger charge is 2.40. The first-order valence-corrected chi connectivity index (χ1v) is 8.75. The highest BCUT2D eigenvalue weighted by molar-refractivity contribution is 8.00. The Morgan fingerprint density at radius 1 is 1.23 bits per heavy atom. The number of aromatic nitrogens is 1. The Hall–Kier alpha value is -2.87. The van der Waals surface area contributed by atoms with E-state index in [0.29, 0.717) is 5.69 Å². The maximum atomic E-state index is 12.7. The van der Waals surface area contributed by atoms with Crippen molar-refractivity contribution in [3.05, 3.63) is 48.2 Å². The summed E-state index contributed by atoms with van der Waals surface area (Å²) in [5.74, 6) is -1.79. The average molecular weight is 371 g/mol. The molecule has 1 unspecified atom stereocenters. The number of pyridine rings is 1. The number of hydrogen-bond donors (Lipinski definition) is 1. The number of nitrogens with zero attached hydrogens (tertiary/aromatic N) is 3. The van der Waals surface area contributed by atoms with Gasteiger partial charge in [0, 0.05) is 32.4 Å². The monoisotopic (exact) mass is 371 g/mol. The molecule has 2 aromatic rings. The van der Waals surface area contributed by atoms with Crippen molar-refractivity contribution in [3.8, 4) is 0 Å². The van der Waals surface area contributed by atoms with Gasteiger partial charge >= 0.3 is 5.97 Å². The van der Waals surface area contributed by atoms with Crippen LogP contribution in [0.25, 0.3) is 0 Å². The molecule has 0 spiro atoms. The van der Waals surface area contributed by atoms with E-state index in [2.05, 4.69) is 4.98 Å². The van der Waals surface area contributed by atoms with Crippen molar-refractivity contribution >= 4 is 40.9 Å². The first-order valence-electron chi connectivity index (χ1n) is 7.87. The molecule has 1 atom stereocenters. The zero-order chi connectivity index (χ0) is 18.8. The number of carbonyl (C=O) groups excluding carboxylic acids is 2. The summed E-state index contributed by atoms with van der Waals surface area (Å²) in [5, 5.41) is 8.78. The SMILES string of the molecule is CN(C)c1ccc(N2C(=O)CC(Sc3ncccc3C(=O)O)C2=O)cc1. The lowest BCUT2D eigenvalue weighted by Gasteiger charge is -2.17. The van der Waals surface area contributed by atoms with Gasteiger partial charge in [-0.1, -0.05) is 11.8 Å². The minimum atomic E-state index is -1.12. The van der Waals surface area contributed by atoms with Crippen LogP contribution in [-0.2, 0) is 9.59 Å². The summed E-state index contributed by atoms with van der Waals surface area (Å²) < 4.78 is 0. The maximum Gasteiger partial charge on any atom is 0.338 e. The summed E-state index contributed by atoms with van der Waals surface area (Å²) >= 11 is 1.01. The van der Waals surface area contributed by atoms with Crippen molar-refractivity contribution in [2.24, 2.45) is 0 Å². The third-order valence-corrected chi connectivity index (χ3v) is 5.19. The van der Waals surface area contributed by atoms with Crippen LogP contribution in [0.1, 0.15) is 16.8 Å². The summed E-state index contributed by atoms with van der Waals surface area (Å²) in [6, 6.07) is 10.1. The number of carbonyl (C=O) groups is 3. The van der Waals surface area contributed by atoms with E-state index in [1.807, 2.05) is 31.1 Å². The molecule has 1 aromatic heterocycles. The Morgan fingerprint density at radius 2 is 1.92 bits per heavy atom. The molecule has 0 aliphatic carbocycles. The molecular weight excluding hydrogens is 354 g/mol. The van der Waals surface area contributed by atoms with Gasteiger partial charge in [0.15, 0.2) is 0 Å². The number of imide groups is 1. The van der Waals surface area contributed by atoms with Crippen molar-refractivity contribution in [2.75, 3.05) is 23.9 Å². The van der Waals surface area contributed by atoms with Crippen LogP contribution in [0.3, 0.4) is 0 Å². The van der Waals surface area contributed by atoms with Crippen LogP contribution in [0.15, 0.2) is 47.6 Å². The number of carboxylic acids is 1. The van der Waals surface area contributed by atoms with Crippen molar-refractivity contribution in [3.63, 3.8) is 0 Å². The van der Waals surface area contributed by atoms with Gasteiger partial charge in [-0.05, 0) is 36.4 Å². The molecule has 1 N–H and O–H groups in total. The van der Waals surface area contributed by atoms with Crippen molar-refractivity contribution < 1.29 is 19.5 Å².